The molecule has 4 rings (SSSR count). The number of aromatic nitrogens is 3. The summed E-state index contributed by atoms with van der Waals surface area (Å²) in [6.45, 7) is 3.99. The van der Waals surface area contributed by atoms with Crippen molar-refractivity contribution in [3.8, 4) is 5.69 Å². The fraction of sp³-hybridized carbons (Fsp3) is 0.364. The third-order valence-corrected chi connectivity index (χ3v) is 5.87. The second-order valence-electron chi connectivity index (χ2n) is 7.58. The summed E-state index contributed by atoms with van der Waals surface area (Å²) in [5, 5.41) is 6.00. The first-order valence-electron chi connectivity index (χ1n) is 10.3. The number of rotatable bonds is 6. The lowest BCUT2D eigenvalue weighted by Crippen LogP contribution is -2.38. The number of carbonyl (C=O) groups excluding carboxylic acids is 2. The quantitative estimate of drug-likeness (QED) is 0.590. The van der Waals surface area contributed by atoms with E-state index in [2.05, 4.69) is 15.0 Å². The van der Waals surface area contributed by atoms with Gasteiger partial charge in [0.1, 0.15) is 5.56 Å². The van der Waals surface area contributed by atoms with Gasteiger partial charge in [0.2, 0.25) is 5.91 Å². The fourth-order valence-corrected chi connectivity index (χ4v) is 4.16. The number of pyridine rings is 1. The SMILES string of the molecule is CCOC(=O)c1cnn(-c2ccnc3cc(Cl)ccc23)c1CN1CCC(C(N)=O)CC1. The molecule has 9 heteroatoms. The fourth-order valence-electron chi connectivity index (χ4n) is 3.99. The zero-order valence-electron chi connectivity index (χ0n) is 17.3. The third kappa shape index (κ3) is 4.40. The number of nitrogens with zero attached hydrogens (tertiary/aromatic N) is 4. The van der Waals surface area contributed by atoms with E-state index in [1.165, 1.54) is 0 Å². The molecule has 1 aliphatic heterocycles. The Hall–Kier alpha value is -2.97. The first-order valence-corrected chi connectivity index (χ1v) is 10.7. The van der Waals surface area contributed by atoms with E-state index in [4.69, 9.17) is 22.1 Å². The van der Waals surface area contributed by atoms with Crippen LogP contribution in [0.3, 0.4) is 0 Å². The molecule has 2 aromatic heterocycles. The van der Waals surface area contributed by atoms with Crippen molar-refractivity contribution >= 4 is 34.4 Å². The number of hydrogen-bond donors (Lipinski definition) is 1. The Morgan fingerprint density at radius 1 is 1.26 bits per heavy atom. The molecule has 0 saturated carbocycles. The lowest BCUT2D eigenvalue weighted by molar-refractivity contribution is -0.123. The van der Waals surface area contributed by atoms with E-state index in [0.29, 0.717) is 43.1 Å². The number of ether oxygens (including phenoxy) is 1. The lowest BCUT2D eigenvalue weighted by Gasteiger charge is -2.30. The van der Waals surface area contributed by atoms with Gasteiger partial charge in [-0.15, -0.1) is 0 Å². The molecule has 31 heavy (non-hydrogen) atoms. The van der Waals surface area contributed by atoms with Crippen LogP contribution in [0.5, 0.6) is 0 Å². The molecule has 0 unspecified atom stereocenters. The predicted molar refractivity (Wildman–Crippen MR) is 117 cm³/mol. The lowest BCUT2D eigenvalue weighted by atomic mass is 9.96. The average Bonchev–Trinajstić information content (AvgIpc) is 3.17. The summed E-state index contributed by atoms with van der Waals surface area (Å²) in [7, 11) is 0. The Morgan fingerprint density at radius 3 is 2.74 bits per heavy atom. The Labute approximate surface area is 184 Å². The van der Waals surface area contributed by atoms with Crippen LogP contribution in [0.25, 0.3) is 16.6 Å². The zero-order valence-corrected chi connectivity index (χ0v) is 18.0. The van der Waals surface area contributed by atoms with Crippen LogP contribution < -0.4 is 5.73 Å². The Kier molecular flexibility index (Phi) is 6.20. The maximum Gasteiger partial charge on any atom is 0.341 e. The highest BCUT2D eigenvalue weighted by atomic mass is 35.5. The summed E-state index contributed by atoms with van der Waals surface area (Å²) >= 11 is 6.13. The molecule has 1 saturated heterocycles. The van der Waals surface area contributed by atoms with Crippen molar-refractivity contribution in [3.05, 3.63) is 52.9 Å². The maximum atomic E-state index is 12.6. The van der Waals surface area contributed by atoms with Crippen LogP contribution in [-0.2, 0) is 16.1 Å². The van der Waals surface area contributed by atoms with E-state index in [1.807, 2.05) is 12.1 Å². The van der Waals surface area contributed by atoms with Gasteiger partial charge in [-0.25, -0.2) is 9.48 Å². The highest BCUT2D eigenvalue weighted by molar-refractivity contribution is 6.31. The number of benzene rings is 1. The largest absolute Gasteiger partial charge is 0.462 e. The van der Waals surface area contributed by atoms with Crippen molar-refractivity contribution < 1.29 is 14.3 Å². The van der Waals surface area contributed by atoms with Crippen LogP contribution in [0.2, 0.25) is 5.02 Å². The molecule has 1 aromatic carbocycles. The van der Waals surface area contributed by atoms with E-state index in [0.717, 1.165) is 22.3 Å². The Morgan fingerprint density at radius 2 is 2.03 bits per heavy atom. The number of carbonyl (C=O) groups is 2. The van der Waals surface area contributed by atoms with Gasteiger partial charge in [0, 0.05) is 29.1 Å². The van der Waals surface area contributed by atoms with E-state index >= 15 is 0 Å². The summed E-state index contributed by atoms with van der Waals surface area (Å²) in [4.78, 5) is 30.7. The number of likely N-dealkylation sites (tertiary alicyclic amines) is 1. The van der Waals surface area contributed by atoms with Crippen LogP contribution >= 0.6 is 11.6 Å². The second kappa shape index (κ2) is 9.03. The van der Waals surface area contributed by atoms with Gasteiger partial charge in [-0.05, 0) is 57.1 Å². The first-order chi connectivity index (χ1) is 15.0. The minimum absolute atomic E-state index is 0.0976. The molecule has 8 nitrogen and oxygen atoms in total. The van der Waals surface area contributed by atoms with Gasteiger partial charge in [-0.3, -0.25) is 14.7 Å². The molecule has 0 aliphatic carbocycles. The molecule has 3 aromatic rings. The second-order valence-corrected chi connectivity index (χ2v) is 8.02. The molecule has 0 spiro atoms. The maximum absolute atomic E-state index is 12.6. The van der Waals surface area contributed by atoms with Crippen LogP contribution in [-0.4, -0.2) is 51.2 Å². The minimum Gasteiger partial charge on any atom is -0.462 e. The van der Waals surface area contributed by atoms with Crippen LogP contribution in [0.15, 0.2) is 36.7 Å². The Bertz CT molecular complexity index is 1120. The number of esters is 1. The third-order valence-electron chi connectivity index (χ3n) is 5.64. The van der Waals surface area contributed by atoms with Crippen LogP contribution in [0.4, 0.5) is 0 Å². The number of nitrogens with two attached hydrogens (primary N) is 1. The van der Waals surface area contributed by atoms with Crippen molar-refractivity contribution in [1.29, 1.82) is 0 Å². The normalized spacial score (nSPS) is 15.3. The zero-order chi connectivity index (χ0) is 22.0. The van der Waals surface area contributed by atoms with E-state index in [1.54, 1.807) is 36.1 Å². The summed E-state index contributed by atoms with van der Waals surface area (Å²) in [5.74, 6) is -0.754. The standard InChI is InChI=1S/C22H24ClN5O3/c1-2-31-22(30)17-12-26-28(19-5-8-25-18-11-15(23)3-4-16(18)19)20(17)13-27-9-6-14(7-10-27)21(24)29/h3-5,8,11-12,14H,2,6-7,9-10,13H2,1H3,(H2,24,29). The first kappa shape index (κ1) is 21.3. The van der Waals surface area contributed by atoms with E-state index in [9.17, 15) is 9.59 Å². The van der Waals surface area contributed by atoms with Gasteiger partial charge < -0.3 is 10.5 Å². The van der Waals surface area contributed by atoms with Crippen LogP contribution in [0, 0.1) is 5.92 Å². The molecule has 2 N–H and O–H groups in total. The number of fused-ring (bicyclic) bond motifs is 1. The van der Waals surface area contributed by atoms with Crippen molar-refractivity contribution in [1.82, 2.24) is 19.7 Å². The summed E-state index contributed by atoms with van der Waals surface area (Å²) in [6, 6.07) is 7.36. The Balaban J connectivity index is 1.73. The van der Waals surface area contributed by atoms with Crippen molar-refractivity contribution in [2.24, 2.45) is 11.7 Å². The molecule has 1 aliphatic rings. The highest BCUT2D eigenvalue weighted by Crippen LogP contribution is 2.27. The number of piperidine rings is 1. The summed E-state index contributed by atoms with van der Waals surface area (Å²) in [6.07, 6.45) is 4.65. The van der Waals surface area contributed by atoms with Crippen molar-refractivity contribution in [2.75, 3.05) is 19.7 Å². The highest BCUT2D eigenvalue weighted by Gasteiger charge is 2.27. The molecular formula is C22H24ClN5O3. The van der Waals surface area contributed by atoms with Crippen LogP contribution in [0.1, 0.15) is 35.8 Å². The topological polar surface area (TPSA) is 103 Å². The summed E-state index contributed by atoms with van der Waals surface area (Å²) < 4.78 is 7.03. The monoisotopic (exact) mass is 441 g/mol. The van der Waals surface area contributed by atoms with Gasteiger partial charge in [0.15, 0.2) is 0 Å². The van der Waals surface area contributed by atoms with E-state index in [-0.39, 0.29) is 18.4 Å². The average molecular weight is 442 g/mol. The smallest absolute Gasteiger partial charge is 0.341 e. The van der Waals surface area contributed by atoms with Gasteiger partial charge in [0.05, 0.1) is 29.7 Å². The number of halogens is 1. The molecule has 1 amide bonds. The molecule has 3 heterocycles. The van der Waals surface area contributed by atoms with Gasteiger partial charge >= 0.3 is 5.97 Å². The predicted octanol–water partition coefficient (Wildman–Crippen LogP) is 2.95. The number of hydrogen-bond acceptors (Lipinski definition) is 6. The summed E-state index contributed by atoms with van der Waals surface area (Å²) in [5.41, 5.74) is 8.17. The molecule has 162 valence electrons. The van der Waals surface area contributed by atoms with Gasteiger partial charge in [-0.1, -0.05) is 11.6 Å². The van der Waals surface area contributed by atoms with Gasteiger partial charge in [-0.2, -0.15) is 5.10 Å². The molecule has 0 bridgehead atoms. The van der Waals surface area contributed by atoms with E-state index < -0.39 is 5.97 Å². The number of amides is 1. The molecule has 0 atom stereocenters. The van der Waals surface area contributed by atoms with Gasteiger partial charge in [0.25, 0.3) is 0 Å². The molecule has 1 fully saturated rings. The molecule has 0 radical (unpaired) electrons. The molecular weight excluding hydrogens is 418 g/mol. The number of primary amides is 1. The van der Waals surface area contributed by atoms with Crippen molar-refractivity contribution in [2.45, 2.75) is 26.3 Å². The minimum atomic E-state index is -0.405. The van der Waals surface area contributed by atoms with Crippen molar-refractivity contribution in [3.63, 3.8) is 0 Å².